The van der Waals surface area contributed by atoms with E-state index in [4.69, 9.17) is 0 Å². The van der Waals surface area contributed by atoms with Crippen molar-refractivity contribution >= 4 is 50.4 Å². The zero-order chi connectivity index (χ0) is 14.4. The summed E-state index contributed by atoms with van der Waals surface area (Å²) < 4.78 is 1.76. The van der Waals surface area contributed by atoms with Crippen LogP contribution in [0.25, 0.3) is 0 Å². The summed E-state index contributed by atoms with van der Waals surface area (Å²) in [6.07, 6.45) is 2.31. The Hall–Kier alpha value is -0.630. The van der Waals surface area contributed by atoms with Gasteiger partial charge in [-0.3, -0.25) is 9.59 Å². The van der Waals surface area contributed by atoms with Crippen LogP contribution >= 0.6 is 38.5 Å². The molecule has 3 rings (SSSR count). The quantitative estimate of drug-likeness (QED) is 0.705. The average molecular weight is 450 g/mol. The van der Waals surface area contributed by atoms with Gasteiger partial charge in [-0.1, -0.05) is 0 Å². The fraction of sp³-hybridized carbons (Fsp3) is 0.429. The van der Waals surface area contributed by atoms with E-state index in [9.17, 15) is 14.7 Å². The van der Waals surface area contributed by atoms with Gasteiger partial charge in [0.15, 0.2) is 0 Å². The predicted octanol–water partition coefficient (Wildman–Crippen LogP) is 3.13. The number of fused-ring (bicyclic) bond motifs is 2. The summed E-state index contributed by atoms with van der Waals surface area (Å²) in [5.41, 5.74) is 0.625. The second-order valence-electron chi connectivity index (χ2n) is 5.32. The van der Waals surface area contributed by atoms with Crippen LogP contribution in [0.4, 0.5) is 0 Å². The highest BCUT2D eigenvalue weighted by Crippen LogP contribution is 2.43. The van der Waals surface area contributed by atoms with E-state index in [1.54, 1.807) is 4.90 Å². The van der Waals surface area contributed by atoms with Gasteiger partial charge in [0.05, 0.1) is 11.5 Å². The van der Waals surface area contributed by atoms with E-state index in [1.165, 1.54) is 0 Å². The van der Waals surface area contributed by atoms with E-state index >= 15 is 0 Å². The first kappa shape index (κ1) is 14.3. The van der Waals surface area contributed by atoms with Gasteiger partial charge in [-0.05, 0) is 76.0 Å². The van der Waals surface area contributed by atoms with E-state index in [-0.39, 0.29) is 18.0 Å². The van der Waals surface area contributed by atoms with Crippen LogP contribution < -0.4 is 0 Å². The monoisotopic (exact) mass is 449 g/mol. The van der Waals surface area contributed by atoms with Crippen LogP contribution in [-0.2, 0) is 4.79 Å². The van der Waals surface area contributed by atoms with Crippen molar-refractivity contribution in [1.82, 2.24) is 4.90 Å². The van der Waals surface area contributed by atoms with Crippen molar-refractivity contribution in [3.05, 3.63) is 31.8 Å². The number of carbonyl (C=O) groups excluding carboxylic acids is 1. The van der Waals surface area contributed by atoms with Gasteiger partial charge in [-0.2, -0.15) is 0 Å². The summed E-state index contributed by atoms with van der Waals surface area (Å²) in [5, 5.41) is 9.26. The Morgan fingerprint density at radius 3 is 2.75 bits per heavy atom. The molecule has 0 saturated carbocycles. The van der Waals surface area contributed by atoms with Gasteiger partial charge in [0.25, 0.3) is 5.91 Å². The minimum Gasteiger partial charge on any atom is -0.481 e. The highest BCUT2D eigenvalue weighted by Gasteiger charge is 2.51. The molecule has 1 amide bonds. The van der Waals surface area contributed by atoms with Crippen LogP contribution in [0, 0.1) is 9.49 Å². The predicted molar refractivity (Wildman–Crippen MR) is 85.6 cm³/mol. The van der Waals surface area contributed by atoms with E-state index in [1.807, 2.05) is 18.2 Å². The fourth-order valence-electron chi connectivity index (χ4n) is 3.37. The smallest absolute Gasteiger partial charge is 0.308 e. The number of amides is 1. The molecule has 1 aromatic carbocycles. The van der Waals surface area contributed by atoms with E-state index < -0.39 is 11.9 Å². The molecule has 0 radical (unpaired) electrons. The Balaban J connectivity index is 1.92. The Kier molecular flexibility index (Phi) is 3.79. The van der Waals surface area contributed by atoms with Crippen molar-refractivity contribution in [3.8, 4) is 0 Å². The highest BCUT2D eigenvalue weighted by atomic mass is 127. The SMILES string of the molecule is O=C(O)C1CC2CCC1N2C(=O)c1cc(I)ccc1Br. The molecule has 0 spiro atoms. The summed E-state index contributed by atoms with van der Waals surface area (Å²) in [6, 6.07) is 5.58. The number of hydrogen-bond acceptors (Lipinski definition) is 2. The van der Waals surface area contributed by atoms with Gasteiger partial charge in [0.2, 0.25) is 0 Å². The number of halogens is 2. The Morgan fingerprint density at radius 1 is 1.35 bits per heavy atom. The molecular weight excluding hydrogens is 437 g/mol. The number of rotatable bonds is 2. The number of carboxylic acids is 1. The lowest BCUT2D eigenvalue weighted by Gasteiger charge is -2.23. The maximum Gasteiger partial charge on any atom is 0.308 e. The molecule has 3 unspecified atom stereocenters. The summed E-state index contributed by atoms with van der Waals surface area (Å²) >= 11 is 5.59. The molecule has 2 fully saturated rings. The molecule has 6 heteroatoms. The fourth-order valence-corrected chi connectivity index (χ4v) is 4.28. The Bertz CT molecular complexity index is 592. The van der Waals surface area contributed by atoms with Gasteiger partial charge < -0.3 is 10.0 Å². The third-order valence-corrected chi connectivity index (χ3v) is 5.61. The molecular formula is C14H13BrINO3. The largest absolute Gasteiger partial charge is 0.481 e. The first-order chi connectivity index (χ1) is 9.49. The third kappa shape index (κ3) is 2.26. The zero-order valence-corrected chi connectivity index (χ0v) is 14.3. The molecule has 0 aromatic heterocycles. The zero-order valence-electron chi connectivity index (χ0n) is 10.6. The van der Waals surface area contributed by atoms with Crippen LogP contribution in [0.1, 0.15) is 29.6 Å². The molecule has 4 nitrogen and oxygen atoms in total. The normalized spacial score (nSPS) is 27.9. The number of carbonyl (C=O) groups is 2. The summed E-state index contributed by atoms with van der Waals surface area (Å²) in [5.74, 6) is -1.23. The Labute approximate surface area is 138 Å². The lowest BCUT2D eigenvalue weighted by molar-refractivity contribution is -0.142. The molecule has 2 bridgehead atoms. The number of nitrogens with zero attached hydrogens (tertiary/aromatic N) is 1. The molecule has 3 atom stereocenters. The molecule has 20 heavy (non-hydrogen) atoms. The van der Waals surface area contributed by atoms with Gasteiger partial charge in [-0.25, -0.2) is 0 Å². The van der Waals surface area contributed by atoms with Crippen LogP contribution in [0.3, 0.4) is 0 Å². The van der Waals surface area contributed by atoms with Crippen molar-refractivity contribution in [3.63, 3.8) is 0 Å². The van der Waals surface area contributed by atoms with Gasteiger partial charge >= 0.3 is 5.97 Å². The standard InChI is InChI=1S/C14H13BrINO3/c15-11-3-1-7(16)5-9(11)13(18)17-8-2-4-12(17)10(6-8)14(19)20/h1,3,5,8,10,12H,2,4,6H2,(H,19,20). The van der Waals surface area contributed by atoms with Crippen LogP contribution in [0.5, 0.6) is 0 Å². The van der Waals surface area contributed by atoms with E-state index in [0.29, 0.717) is 12.0 Å². The molecule has 106 valence electrons. The minimum absolute atomic E-state index is 0.0494. The van der Waals surface area contributed by atoms with Crippen LogP contribution in [-0.4, -0.2) is 34.0 Å². The summed E-state index contributed by atoms with van der Waals surface area (Å²) in [4.78, 5) is 25.8. The first-order valence-electron chi connectivity index (χ1n) is 6.49. The molecule has 2 saturated heterocycles. The van der Waals surface area contributed by atoms with Crippen molar-refractivity contribution in [1.29, 1.82) is 0 Å². The number of benzene rings is 1. The second-order valence-corrected chi connectivity index (χ2v) is 7.42. The van der Waals surface area contributed by atoms with Crippen molar-refractivity contribution in [2.75, 3.05) is 0 Å². The van der Waals surface area contributed by atoms with Crippen molar-refractivity contribution in [2.45, 2.75) is 31.3 Å². The molecule has 1 N–H and O–H groups in total. The lowest BCUT2D eigenvalue weighted by Crippen LogP contribution is -2.38. The van der Waals surface area contributed by atoms with Crippen LogP contribution in [0.15, 0.2) is 22.7 Å². The maximum atomic E-state index is 12.7. The second kappa shape index (κ2) is 5.29. The molecule has 0 aliphatic carbocycles. The number of hydrogen-bond donors (Lipinski definition) is 1. The summed E-state index contributed by atoms with van der Waals surface area (Å²) in [6.45, 7) is 0. The molecule has 2 aliphatic rings. The van der Waals surface area contributed by atoms with E-state index in [2.05, 4.69) is 38.5 Å². The van der Waals surface area contributed by atoms with Gasteiger partial charge in [0.1, 0.15) is 0 Å². The van der Waals surface area contributed by atoms with Crippen molar-refractivity contribution < 1.29 is 14.7 Å². The number of aliphatic carboxylic acids is 1. The lowest BCUT2D eigenvalue weighted by atomic mass is 9.89. The average Bonchev–Trinajstić information content (AvgIpc) is 2.98. The van der Waals surface area contributed by atoms with E-state index in [0.717, 1.165) is 20.9 Å². The molecule has 2 aliphatic heterocycles. The number of carboxylic acid groups (broad SMARTS) is 1. The van der Waals surface area contributed by atoms with Gasteiger partial charge in [0, 0.05) is 20.1 Å². The molecule has 1 aromatic rings. The summed E-state index contributed by atoms with van der Waals surface area (Å²) in [7, 11) is 0. The van der Waals surface area contributed by atoms with Gasteiger partial charge in [-0.15, -0.1) is 0 Å². The maximum absolute atomic E-state index is 12.7. The minimum atomic E-state index is -0.781. The highest BCUT2D eigenvalue weighted by molar-refractivity contribution is 14.1. The van der Waals surface area contributed by atoms with Crippen molar-refractivity contribution in [2.24, 2.45) is 5.92 Å². The molecule has 2 heterocycles. The van der Waals surface area contributed by atoms with Crippen LogP contribution in [0.2, 0.25) is 0 Å². The first-order valence-corrected chi connectivity index (χ1v) is 8.36. The topological polar surface area (TPSA) is 57.6 Å². The third-order valence-electron chi connectivity index (χ3n) is 4.25. The Morgan fingerprint density at radius 2 is 2.10 bits per heavy atom.